The Kier molecular flexibility index (Phi) is 7.42. The van der Waals surface area contributed by atoms with Gasteiger partial charge in [-0.25, -0.2) is 4.39 Å². The van der Waals surface area contributed by atoms with Crippen molar-refractivity contribution in [1.29, 1.82) is 0 Å². The lowest BCUT2D eigenvalue weighted by Crippen LogP contribution is -2.48. The molecule has 5 nitrogen and oxygen atoms in total. The summed E-state index contributed by atoms with van der Waals surface area (Å²) >= 11 is 0. The number of halogens is 1. The Morgan fingerprint density at radius 3 is 2.42 bits per heavy atom. The summed E-state index contributed by atoms with van der Waals surface area (Å²) in [5, 5.41) is 10.00. The van der Waals surface area contributed by atoms with E-state index in [1.807, 2.05) is 19.9 Å². The minimum atomic E-state index is -0.449. The van der Waals surface area contributed by atoms with E-state index in [9.17, 15) is 9.50 Å². The Bertz CT molecular complexity index is 505. The van der Waals surface area contributed by atoms with Gasteiger partial charge < -0.3 is 14.6 Å². The topological polar surface area (TPSA) is 45.2 Å². The highest BCUT2D eigenvalue weighted by molar-refractivity contribution is 5.29. The second kappa shape index (κ2) is 9.32. The zero-order valence-electron chi connectivity index (χ0n) is 14.9. The predicted octanol–water partition coefficient (Wildman–Crippen LogP) is 1.74. The third kappa shape index (κ3) is 6.02. The number of nitrogens with zero attached hydrogens (tertiary/aromatic N) is 2. The van der Waals surface area contributed by atoms with Gasteiger partial charge in [-0.15, -0.1) is 0 Å². The molecule has 6 heteroatoms. The van der Waals surface area contributed by atoms with Crippen molar-refractivity contribution in [2.24, 2.45) is 0 Å². The van der Waals surface area contributed by atoms with Crippen molar-refractivity contribution < 1.29 is 19.0 Å². The largest absolute Gasteiger partial charge is 0.494 e. The summed E-state index contributed by atoms with van der Waals surface area (Å²) in [6, 6.07) is 5.12. The SMILES string of the molecule is COc1ccc(CN2CCN(CC(O)COC(C)C)CC2)cc1F. The van der Waals surface area contributed by atoms with Crippen molar-refractivity contribution in [3.8, 4) is 5.75 Å². The Balaban J connectivity index is 1.73. The highest BCUT2D eigenvalue weighted by Crippen LogP contribution is 2.19. The summed E-state index contributed by atoms with van der Waals surface area (Å²) in [5.41, 5.74) is 0.951. The van der Waals surface area contributed by atoms with E-state index in [1.165, 1.54) is 13.2 Å². The molecule has 1 atom stereocenters. The van der Waals surface area contributed by atoms with Crippen LogP contribution in [0.15, 0.2) is 18.2 Å². The number of hydrogen-bond donors (Lipinski definition) is 1. The van der Waals surface area contributed by atoms with Crippen LogP contribution in [0, 0.1) is 5.82 Å². The molecule has 2 rings (SSSR count). The zero-order valence-corrected chi connectivity index (χ0v) is 14.9. The molecule has 1 aliphatic heterocycles. The number of piperazine rings is 1. The quantitative estimate of drug-likeness (QED) is 0.781. The zero-order chi connectivity index (χ0) is 17.5. The van der Waals surface area contributed by atoms with Gasteiger partial charge in [-0.05, 0) is 31.5 Å². The summed E-state index contributed by atoms with van der Waals surface area (Å²) in [6.07, 6.45) is -0.309. The maximum Gasteiger partial charge on any atom is 0.165 e. The summed E-state index contributed by atoms with van der Waals surface area (Å²) < 4.78 is 24.1. The number of aliphatic hydroxyl groups excluding tert-OH is 1. The van der Waals surface area contributed by atoms with Gasteiger partial charge in [0.05, 0.1) is 25.9 Å². The first kappa shape index (κ1) is 19.1. The molecule has 136 valence electrons. The van der Waals surface area contributed by atoms with Crippen molar-refractivity contribution in [3.05, 3.63) is 29.6 Å². The van der Waals surface area contributed by atoms with Crippen LogP contribution >= 0.6 is 0 Å². The minimum Gasteiger partial charge on any atom is -0.494 e. The van der Waals surface area contributed by atoms with Crippen LogP contribution in [-0.2, 0) is 11.3 Å². The third-order valence-electron chi connectivity index (χ3n) is 4.18. The van der Waals surface area contributed by atoms with Crippen LogP contribution in [-0.4, -0.2) is 73.6 Å². The molecule has 1 aromatic carbocycles. The van der Waals surface area contributed by atoms with E-state index in [0.717, 1.165) is 38.3 Å². The van der Waals surface area contributed by atoms with Crippen molar-refractivity contribution in [2.75, 3.05) is 46.4 Å². The fraction of sp³-hybridized carbons (Fsp3) is 0.667. The highest BCUT2D eigenvalue weighted by Gasteiger charge is 2.20. The second-order valence-corrected chi connectivity index (χ2v) is 6.58. The molecule has 1 aromatic rings. The van der Waals surface area contributed by atoms with Crippen LogP contribution in [0.4, 0.5) is 4.39 Å². The van der Waals surface area contributed by atoms with Crippen LogP contribution < -0.4 is 4.74 Å². The number of aliphatic hydroxyl groups is 1. The van der Waals surface area contributed by atoms with Gasteiger partial charge in [0, 0.05) is 39.3 Å². The molecule has 1 heterocycles. The van der Waals surface area contributed by atoms with Crippen LogP contribution in [0.2, 0.25) is 0 Å². The van der Waals surface area contributed by atoms with Crippen molar-refractivity contribution in [3.63, 3.8) is 0 Å². The van der Waals surface area contributed by atoms with E-state index in [0.29, 0.717) is 13.2 Å². The molecule has 1 saturated heterocycles. The number of rotatable bonds is 8. The van der Waals surface area contributed by atoms with E-state index >= 15 is 0 Å². The third-order valence-corrected chi connectivity index (χ3v) is 4.18. The molecule has 1 N–H and O–H groups in total. The maximum atomic E-state index is 13.7. The van der Waals surface area contributed by atoms with E-state index in [1.54, 1.807) is 6.07 Å². The molecular formula is C18H29FN2O3. The lowest BCUT2D eigenvalue weighted by atomic mass is 10.1. The van der Waals surface area contributed by atoms with Crippen LogP contribution in [0.1, 0.15) is 19.4 Å². The normalized spacial score (nSPS) is 18.1. The Morgan fingerprint density at radius 1 is 1.17 bits per heavy atom. The summed E-state index contributed by atoms with van der Waals surface area (Å²) in [6.45, 7) is 9.29. The molecule has 1 unspecified atom stereocenters. The number of β-amino-alcohol motifs (C(OH)–C–C–N with tert-alkyl or cyclic N) is 1. The standard InChI is InChI=1S/C18H29FN2O3/c1-14(2)24-13-16(22)12-21-8-6-20(7-9-21)11-15-4-5-18(23-3)17(19)10-15/h4-5,10,14,16,22H,6-9,11-13H2,1-3H3. The monoisotopic (exact) mass is 340 g/mol. The van der Waals surface area contributed by atoms with Crippen LogP contribution in [0.5, 0.6) is 5.75 Å². The lowest BCUT2D eigenvalue weighted by molar-refractivity contribution is -0.0148. The number of benzene rings is 1. The smallest absolute Gasteiger partial charge is 0.165 e. The van der Waals surface area contributed by atoms with Gasteiger partial charge in [0.15, 0.2) is 11.6 Å². The fourth-order valence-corrected chi connectivity index (χ4v) is 2.85. The second-order valence-electron chi connectivity index (χ2n) is 6.58. The highest BCUT2D eigenvalue weighted by atomic mass is 19.1. The summed E-state index contributed by atoms with van der Waals surface area (Å²) in [7, 11) is 1.47. The average Bonchev–Trinajstić information content (AvgIpc) is 2.55. The van der Waals surface area contributed by atoms with E-state index in [2.05, 4.69) is 9.80 Å². The number of methoxy groups -OCH3 is 1. The molecule has 0 aliphatic carbocycles. The fourth-order valence-electron chi connectivity index (χ4n) is 2.85. The molecule has 1 fully saturated rings. The maximum absolute atomic E-state index is 13.7. The van der Waals surface area contributed by atoms with Gasteiger partial charge in [-0.2, -0.15) is 0 Å². The van der Waals surface area contributed by atoms with Gasteiger partial charge in [0.2, 0.25) is 0 Å². The summed E-state index contributed by atoms with van der Waals surface area (Å²) in [5.74, 6) is -0.0388. The van der Waals surface area contributed by atoms with E-state index in [-0.39, 0.29) is 17.7 Å². The molecule has 0 radical (unpaired) electrons. The number of hydrogen-bond acceptors (Lipinski definition) is 5. The van der Waals surface area contributed by atoms with E-state index < -0.39 is 6.10 Å². The first-order valence-corrected chi connectivity index (χ1v) is 8.54. The first-order chi connectivity index (χ1) is 11.5. The van der Waals surface area contributed by atoms with Gasteiger partial charge in [0.25, 0.3) is 0 Å². The Hall–Kier alpha value is -1.21. The minimum absolute atomic E-state index is 0.140. The van der Waals surface area contributed by atoms with Crippen LogP contribution in [0.3, 0.4) is 0 Å². The number of ether oxygens (including phenoxy) is 2. The van der Waals surface area contributed by atoms with Crippen molar-refractivity contribution in [1.82, 2.24) is 9.80 Å². The molecule has 0 saturated carbocycles. The van der Waals surface area contributed by atoms with Gasteiger partial charge >= 0.3 is 0 Å². The molecule has 0 aromatic heterocycles. The lowest BCUT2D eigenvalue weighted by Gasteiger charge is -2.35. The average molecular weight is 340 g/mol. The molecular weight excluding hydrogens is 311 g/mol. The van der Waals surface area contributed by atoms with Gasteiger partial charge in [0.1, 0.15) is 0 Å². The predicted molar refractivity (Wildman–Crippen MR) is 91.8 cm³/mol. The van der Waals surface area contributed by atoms with E-state index in [4.69, 9.17) is 9.47 Å². The van der Waals surface area contributed by atoms with Crippen molar-refractivity contribution in [2.45, 2.75) is 32.6 Å². The molecule has 24 heavy (non-hydrogen) atoms. The molecule has 0 amide bonds. The van der Waals surface area contributed by atoms with Gasteiger partial charge in [-0.1, -0.05) is 6.07 Å². The Labute approximate surface area is 144 Å². The summed E-state index contributed by atoms with van der Waals surface area (Å²) in [4.78, 5) is 4.55. The molecule has 0 spiro atoms. The van der Waals surface area contributed by atoms with Crippen LogP contribution in [0.25, 0.3) is 0 Å². The molecule has 1 aliphatic rings. The first-order valence-electron chi connectivity index (χ1n) is 8.54. The van der Waals surface area contributed by atoms with Crippen molar-refractivity contribution >= 4 is 0 Å². The van der Waals surface area contributed by atoms with Gasteiger partial charge in [-0.3, -0.25) is 9.80 Å². The Morgan fingerprint density at radius 2 is 1.83 bits per heavy atom. The molecule has 0 bridgehead atoms.